The van der Waals surface area contributed by atoms with Crippen LogP contribution in [0.15, 0.2) is 30.3 Å². The summed E-state index contributed by atoms with van der Waals surface area (Å²) < 4.78 is 5.12. The minimum atomic E-state index is 0.573. The van der Waals surface area contributed by atoms with E-state index in [1.54, 1.807) is 18.4 Å². The number of pyridine rings is 1. The van der Waals surface area contributed by atoms with Gasteiger partial charge in [-0.1, -0.05) is 19.9 Å². The summed E-state index contributed by atoms with van der Waals surface area (Å²) in [5.74, 6) is 1.24. The predicted molar refractivity (Wildman–Crippen MR) is 68.2 cm³/mol. The molecular weight excluding hydrogens is 218 g/mol. The van der Waals surface area contributed by atoms with Crippen LogP contribution in [0.5, 0.6) is 5.88 Å². The zero-order chi connectivity index (χ0) is 11.5. The van der Waals surface area contributed by atoms with Gasteiger partial charge in [0.2, 0.25) is 5.88 Å². The second-order valence-corrected chi connectivity index (χ2v) is 5.04. The Morgan fingerprint density at radius 2 is 2.00 bits per heavy atom. The SMILES string of the molecule is COc1cccc(-c2ccc(C(C)C)s2)n1. The van der Waals surface area contributed by atoms with E-state index < -0.39 is 0 Å². The van der Waals surface area contributed by atoms with Crippen molar-refractivity contribution in [1.29, 1.82) is 0 Å². The Labute approximate surface area is 99.9 Å². The molecule has 84 valence electrons. The molecule has 2 aromatic rings. The van der Waals surface area contributed by atoms with Gasteiger partial charge in [0.25, 0.3) is 0 Å². The lowest BCUT2D eigenvalue weighted by molar-refractivity contribution is 0.398. The van der Waals surface area contributed by atoms with Crippen LogP contribution in [0.25, 0.3) is 10.6 Å². The lowest BCUT2D eigenvalue weighted by Crippen LogP contribution is -1.87. The average molecular weight is 233 g/mol. The van der Waals surface area contributed by atoms with E-state index in [1.807, 2.05) is 18.2 Å². The first-order chi connectivity index (χ1) is 7.70. The van der Waals surface area contributed by atoms with Gasteiger partial charge in [-0.3, -0.25) is 0 Å². The Morgan fingerprint density at radius 3 is 2.62 bits per heavy atom. The summed E-state index contributed by atoms with van der Waals surface area (Å²) in [5, 5.41) is 0. The highest BCUT2D eigenvalue weighted by Crippen LogP contribution is 2.31. The van der Waals surface area contributed by atoms with Crippen molar-refractivity contribution in [3.8, 4) is 16.5 Å². The number of thiophene rings is 1. The Morgan fingerprint density at radius 1 is 1.19 bits per heavy atom. The van der Waals surface area contributed by atoms with Crippen LogP contribution < -0.4 is 4.74 Å². The number of hydrogen-bond donors (Lipinski definition) is 0. The number of nitrogens with zero attached hydrogens (tertiary/aromatic N) is 1. The number of aromatic nitrogens is 1. The van der Waals surface area contributed by atoms with Crippen molar-refractivity contribution in [2.75, 3.05) is 7.11 Å². The maximum absolute atomic E-state index is 5.12. The molecule has 0 bridgehead atoms. The van der Waals surface area contributed by atoms with Gasteiger partial charge >= 0.3 is 0 Å². The van der Waals surface area contributed by atoms with E-state index in [-0.39, 0.29) is 0 Å². The third kappa shape index (κ3) is 2.25. The average Bonchev–Trinajstić information content (AvgIpc) is 2.78. The lowest BCUT2D eigenvalue weighted by atomic mass is 10.2. The molecule has 0 unspecified atom stereocenters. The first kappa shape index (κ1) is 11.1. The first-order valence-electron chi connectivity index (χ1n) is 5.32. The van der Waals surface area contributed by atoms with Crippen LogP contribution >= 0.6 is 11.3 Å². The summed E-state index contributed by atoms with van der Waals surface area (Å²) in [6.07, 6.45) is 0. The van der Waals surface area contributed by atoms with Gasteiger partial charge in [-0.25, -0.2) is 4.98 Å². The molecule has 0 fully saturated rings. The normalized spacial score (nSPS) is 10.8. The second kappa shape index (κ2) is 4.66. The summed E-state index contributed by atoms with van der Waals surface area (Å²) in [5.41, 5.74) is 0.983. The van der Waals surface area contributed by atoms with Crippen molar-refractivity contribution in [2.24, 2.45) is 0 Å². The topological polar surface area (TPSA) is 22.1 Å². The third-order valence-electron chi connectivity index (χ3n) is 2.38. The summed E-state index contributed by atoms with van der Waals surface area (Å²) in [7, 11) is 1.64. The molecule has 0 amide bonds. The highest BCUT2D eigenvalue weighted by Gasteiger charge is 2.07. The monoisotopic (exact) mass is 233 g/mol. The summed E-state index contributed by atoms with van der Waals surface area (Å²) >= 11 is 1.80. The highest BCUT2D eigenvalue weighted by molar-refractivity contribution is 7.15. The molecule has 2 heterocycles. The Kier molecular flexibility index (Phi) is 3.25. The van der Waals surface area contributed by atoms with Gasteiger partial charge in [0.15, 0.2) is 0 Å². The van der Waals surface area contributed by atoms with E-state index in [9.17, 15) is 0 Å². The van der Waals surface area contributed by atoms with Crippen molar-refractivity contribution in [1.82, 2.24) is 4.98 Å². The van der Waals surface area contributed by atoms with Gasteiger partial charge in [0, 0.05) is 10.9 Å². The molecule has 16 heavy (non-hydrogen) atoms. The summed E-state index contributed by atoms with van der Waals surface area (Å²) in [6, 6.07) is 10.1. The molecule has 0 atom stereocenters. The van der Waals surface area contributed by atoms with E-state index in [2.05, 4.69) is 31.0 Å². The van der Waals surface area contributed by atoms with Gasteiger partial charge in [-0.2, -0.15) is 0 Å². The molecule has 0 spiro atoms. The zero-order valence-electron chi connectivity index (χ0n) is 9.73. The molecular formula is C13H15NOS. The largest absolute Gasteiger partial charge is 0.481 e. The molecule has 0 aliphatic carbocycles. The molecule has 0 aliphatic rings. The van der Waals surface area contributed by atoms with Crippen LogP contribution in [0.3, 0.4) is 0 Å². The molecule has 0 aromatic carbocycles. The fourth-order valence-electron chi connectivity index (χ4n) is 1.47. The predicted octanol–water partition coefficient (Wildman–Crippen LogP) is 3.94. The fraction of sp³-hybridized carbons (Fsp3) is 0.308. The molecule has 0 radical (unpaired) electrons. The van der Waals surface area contributed by atoms with E-state index in [0.717, 1.165) is 5.69 Å². The molecule has 3 heteroatoms. The molecule has 0 saturated heterocycles. The van der Waals surface area contributed by atoms with Crippen molar-refractivity contribution in [3.63, 3.8) is 0 Å². The minimum absolute atomic E-state index is 0.573. The molecule has 2 aromatic heterocycles. The lowest BCUT2D eigenvalue weighted by Gasteiger charge is -2.01. The van der Waals surface area contributed by atoms with Gasteiger partial charge < -0.3 is 4.74 Å². The third-order valence-corrected chi connectivity index (χ3v) is 3.79. The van der Waals surface area contributed by atoms with E-state index in [0.29, 0.717) is 11.8 Å². The number of methoxy groups -OCH3 is 1. The van der Waals surface area contributed by atoms with Gasteiger partial charge in [-0.05, 0) is 24.1 Å². The zero-order valence-corrected chi connectivity index (χ0v) is 10.5. The van der Waals surface area contributed by atoms with Crippen LogP contribution in [0, 0.1) is 0 Å². The van der Waals surface area contributed by atoms with Crippen molar-refractivity contribution in [3.05, 3.63) is 35.2 Å². The molecule has 0 saturated carbocycles. The molecule has 0 N–H and O–H groups in total. The van der Waals surface area contributed by atoms with E-state index >= 15 is 0 Å². The first-order valence-corrected chi connectivity index (χ1v) is 6.13. The Balaban J connectivity index is 2.34. The second-order valence-electron chi connectivity index (χ2n) is 3.92. The molecule has 2 rings (SSSR count). The van der Waals surface area contributed by atoms with Crippen molar-refractivity contribution < 1.29 is 4.74 Å². The van der Waals surface area contributed by atoms with Crippen LogP contribution in [0.2, 0.25) is 0 Å². The molecule has 0 aliphatic heterocycles. The maximum Gasteiger partial charge on any atom is 0.213 e. The van der Waals surface area contributed by atoms with Crippen LogP contribution in [-0.4, -0.2) is 12.1 Å². The van der Waals surface area contributed by atoms with Crippen LogP contribution in [0.4, 0.5) is 0 Å². The smallest absolute Gasteiger partial charge is 0.213 e. The fourth-order valence-corrected chi connectivity index (χ4v) is 2.45. The quantitative estimate of drug-likeness (QED) is 0.801. The van der Waals surface area contributed by atoms with Crippen molar-refractivity contribution in [2.45, 2.75) is 19.8 Å². The standard InChI is InChI=1S/C13H15NOS/c1-9(2)11-7-8-12(16-11)10-5-4-6-13(14-10)15-3/h4-9H,1-3H3. The number of rotatable bonds is 3. The summed E-state index contributed by atoms with van der Waals surface area (Å²) in [6.45, 7) is 4.41. The molecule has 2 nitrogen and oxygen atoms in total. The highest BCUT2D eigenvalue weighted by atomic mass is 32.1. The Bertz CT molecular complexity index is 476. The Hall–Kier alpha value is -1.35. The van der Waals surface area contributed by atoms with E-state index in [4.69, 9.17) is 4.74 Å². The maximum atomic E-state index is 5.12. The number of ether oxygens (including phenoxy) is 1. The van der Waals surface area contributed by atoms with Crippen LogP contribution in [0.1, 0.15) is 24.6 Å². The number of hydrogen-bond acceptors (Lipinski definition) is 3. The van der Waals surface area contributed by atoms with Gasteiger partial charge in [-0.15, -0.1) is 11.3 Å². The van der Waals surface area contributed by atoms with Gasteiger partial charge in [0.05, 0.1) is 17.7 Å². The van der Waals surface area contributed by atoms with Crippen LogP contribution in [-0.2, 0) is 0 Å². The van der Waals surface area contributed by atoms with E-state index in [1.165, 1.54) is 9.75 Å². The van der Waals surface area contributed by atoms with Gasteiger partial charge in [0.1, 0.15) is 0 Å². The minimum Gasteiger partial charge on any atom is -0.481 e. The summed E-state index contributed by atoms with van der Waals surface area (Å²) in [4.78, 5) is 7.01. The van der Waals surface area contributed by atoms with Crippen molar-refractivity contribution >= 4 is 11.3 Å².